The van der Waals surface area contributed by atoms with Crippen molar-refractivity contribution in [2.45, 2.75) is 24.4 Å². The first kappa shape index (κ1) is 20.4. The summed E-state index contributed by atoms with van der Waals surface area (Å²) >= 11 is 5.64. The lowest BCUT2D eigenvalue weighted by molar-refractivity contribution is -0.136. The van der Waals surface area contributed by atoms with Crippen LogP contribution in [0, 0.1) is 0 Å². The van der Waals surface area contributed by atoms with E-state index in [2.05, 4.69) is 15.6 Å². The van der Waals surface area contributed by atoms with Crippen molar-refractivity contribution in [3.05, 3.63) is 23.4 Å². The highest BCUT2D eigenvalue weighted by atomic mass is 35.5. The van der Waals surface area contributed by atoms with Crippen molar-refractivity contribution in [1.29, 1.82) is 0 Å². The molecule has 2 rings (SSSR count). The summed E-state index contributed by atoms with van der Waals surface area (Å²) in [6.07, 6.45) is 1.17. The molecule has 1 aliphatic heterocycles. The predicted molar refractivity (Wildman–Crippen MR) is 85.6 cm³/mol. The zero-order valence-corrected chi connectivity index (χ0v) is 14.7. The molecule has 144 valence electrons. The molecule has 1 aliphatic rings. The quantitative estimate of drug-likeness (QED) is 0.720. The van der Waals surface area contributed by atoms with Gasteiger partial charge in [0.05, 0.1) is 5.02 Å². The Labute approximate surface area is 151 Å². The first-order chi connectivity index (χ1) is 12.0. The Hall–Kier alpha value is -1.92. The van der Waals surface area contributed by atoms with Crippen LogP contribution in [-0.4, -0.2) is 54.2 Å². The summed E-state index contributed by atoms with van der Waals surface area (Å²) in [6.45, 7) is -0.819. The molecule has 1 aromatic rings. The number of nitrogens with one attached hydrogen (secondary N) is 2. The maximum absolute atomic E-state index is 12.5. The number of aromatic nitrogens is 1. The van der Waals surface area contributed by atoms with Gasteiger partial charge in [0.1, 0.15) is 5.82 Å². The van der Waals surface area contributed by atoms with Crippen LogP contribution in [0.25, 0.3) is 0 Å². The van der Waals surface area contributed by atoms with E-state index in [1.807, 2.05) is 0 Å². The molecule has 8 nitrogen and oxygen atoms in total. The van der Waals surface area contributed by atoms with E-state index < -0.39 is 46.5 Å². The van der Waals surface area contributed by atoms with Crippen molar-refractivity contribution < 1.29 is 31.2 Å². The first-order valence-electron chi connectivity index (χ1n) is 7.30. The van der Waals surface area contributed by atoms with Crippen LogP contribution in [0.4, 0.5) is 19.0 Å². The summed E-state index contributed by atoms with van der Waals surface area (Å²) in [5.74, 6) is -1.91. The molecule has 13 heteroatoms. The average molecular weight is 415 g/mol. The van der Waals surface area contributed by atoms with E-state index in [1.165, 1.54) is 18.3 Å². The SMILES string of the molecule is O=C(Nc1ccc(Cl)cn1)C(=O)NC1CCN(S(=O)(=O)C(F)(F)F)CC1. The van der Waals surface area contributed by atoms with Crippen LogP contribution in [-0.2, 0) is 19.6 Å². The standard InChI is InChI=1S/C13H14ClF3N4O4S/c14-8-1-2-10(18-7-8)20-12(23)11(22)19-9-3-5-21(6-4-9)26(24,25)13(15,16)17/h1-2,7,9H,3-6H2,(H,19,22)(H,18,20,23). The fraction of sp³-hybridized carbons (Fsp3) is 0.462. The molecule has 0 unspecified atom stereocenters. The van der Waals surface area contributed by atoms with Gasteiger partial charge in [0.25, 0.3) is 0 Å². The maximum Gasteiger partial charge on any atom is 0.511 e. The molecule has 1 aromatic heterocycles. The van der Waals surface area contributed by atoms with Gasteiger partial charge in [-0.25, -0.2) is 13.4 Å². The van der Waals surface area contributed by atoms with E-state index >= 15 is 0 Å². The highest BCUT2D eigenvalue weighted by Crippen LogP contribution is 2.28. The molecular formula is C13H14ClF3N4O4S. The van der Waals surface area contributed by atoms with E-state index in [-0.39, 0.29) is 18.7 Å². The molecule has 0 saturated carbocycles. The van der Waals surface area contributed by atoms with Gasteiger partial charge in [-0.1, -0.05) is 11.6 Å². The van der Waals surface area contributed by atoms with Gasteiger partial charge in [0.15, 0.2) is 0 Å². The first-order valence-corrected chi connectivity index (χ1v) is 9.12. The van der Waals surface area contributed by atoms with Crippen LogP contribution in [0.1, 0.15) is 12.8 Å². The number of alkyl halides is 3. The average Bonchev–Trinajstić information content (AvgIpc) is 2.56. The molecule has 0 aromatic carbocycles. The van der Waals surface area contributed by atoms with Gasteiger partial charge in [-0.15, -0.1) is 0 Å². The van der Waals surface area contributed by atoms with Gasteiger partial charge in [0.2, 0.25) is 0 Å². The van der Waals surface area contributed by atoms with E-state index in [1.54, 1.807) is 0 Å². The Morgan fingerprint density at radius 1 is 1.19 bits per heavy atom. The number of rotatable bonds is 3. The number of carbonyl (C=O) groups is 2. The van der Waals surface area contributed by atoms with Gasteiger partial charge < -0.3 is 10.6 Å². The van der Waals surface area contributed by atoms with E-state index in [0.29, 0.717) is 9.33 Å². The second kappa shape index (κ2) is 7.76. The zero-order valence-electron chi connectivity index (χ0n) is 13.1. The number of sulfonamides is 1. The lowest BCUT2D eigenvalue weighted by Gasteiger charge is -2.31. The summed E-state index contributed by atoms with van der Waals surface area (Å²) < 4.78 is 60.4. The minimum absolute atomic E-state index is 0.0481. The topological polar surface area (TPSA) is 108 Å². The van der Waals surface area contributed by atoms with Crippen LogP contribution < -0.4 is 10.6 Å². The van der Waals surface area contributed by atoms with E-state index in [9.17, 15) is 31.2 Å². The molecular weight excluding hydrogens is 401 g/mol. The van der Waals surface area contributed by atoms with Crippen molar-refractivity contribution in [3.63, 3.8) is 0 Å². The number of anilines is 1. The molecule has 1 saturated heterocycles. The molecule has 2 N–H and O–H groups in total. The number of piperidine rings is 1. The Morgan fingerprint density at radius 2 is 1.81 bits per heavy atom. The third-order valence-corrected chi connectivity index (χ3v) is 5.45. The third-order valence-electron chi connectivity index (χ3n) is 3.60. The van der Waals surface area contributed by atoms with Gasteiger partial charge in [-0.05, 0) is 25.0 Å². The van der Waals surface area contributed by atoms with Gasteiger partial charge >= 0.3 is 27.3 Å². The van der Waals surface area contributed by atoms with Crippen LogP contribution >= 0.6 is 11.6 Å². The molecule has 0 bridgehead atoms. The van der Waals surface area contributed by atoms with Crippen molar-refractivity contribution in [2.75, 3.05) is 18.4 Å². The molecule has 2 heterocycles. The summed E-state index contributed by atoms with van der Waals surface area (Å²) in [5, 5.41) is 4.93. The monoisotopic (exact) mass is 414 g/mol. The molecule has 0 radical (unpaired) electrons. The fourth-order valence-electron chi connectivity index (χ4n) is 2.26. The Kier molecular flexibility index (Phi) is 6.09. The summed E-state index contributed by atoms with van der Waals surface area (Å²) in [6, 6.07) is 2.22. The summed E-state index contributed by atoms with van der Waals surface area (Å²) in [7, 11) is -5.39. The highest BCUT2D eigenvalue weighted by molar-refractivity contribution is 7.90. The van der Waals surface area contributed by atoms with Gasteiger partial charge in [-0.3, -0.25) is 9.59 Å². The molecule has 26 heavy (non-hydrogen) atoms. The number of hydrogen-bond acceptors (Lipinski definition) is 5. The number of amides is 2. The zero-order chi connectivity index (χ0) is 19.5. The third kappa shape index (κ3) is 4.83. The maximum atomic E-state index is 12.5. The lowest BCUT2D eigenvalue weighted by atomic mass is 10.1. The summed E-state index contributed by atoms with van der Waals surface area (Å²) in [5.41, 5.74) is -5.37. The predicted octanol–water partition coefficient (Wildman–Crippen LogP) is 1.10. The van der Waals surface area contributed by atoms with Crippen LogP contribution in [0.15, 0.2) is 18.3 Å². The van der Waals surface area contributed by atoms with Crippen molar-refractivity contribution in [3.8, 4) is 0 Å². The smallest absolute Gasteiger partial charge is 0.345 e. The summed E-state index contributed by atoms with van der Waals surface area (Å²) in [4.78, 5) is 27.4. The number of pyridine rings is 1. The van der Waals surface area contributed by atoms with Crippen molar-refractivity contribution in [1.82, 2.24) is 14.6 Å². The molecule has 0 aliphatic carbocycles. The van der Waals surface area contributed by atoms with Gasteiger partial charge in [0, 0.05) is 25.3 Å². The Balaban J connectivity index is 1.86. The second-order valence-electron chi connectivity index (χ2n) is 5.41. The largest absolute Gasteiger partial charge is 0.511 e. The minimum atomic E-state index is -5.39. The van der Waals surface area contributed by atoms with Crippen LogP contribution in [0.2, 0.25) is 5.02 Å². The van der Waals surface area contributed by atoms with E-state index in [4.69, 9.17) is 11.6 Å². The number of nitrogens with zero attached hydrogens (tertiary/aromatic N) is 2. The normalized spacial score (nSPS) is 16.9. The van der Waals surface area contributed by atoms with Crippen molar-refractivity contribution >= 4 is 39.3 Å². The highest BCUT2D eigenvalue weighted by Gasteiger charge is 2.50. The lowest BCUT2D eigenvalue weighted by Crippen LogP contribution is -2.51. The Morgan fingerprint density at radius 3 is 2.31 bits per heavy atom. The second-order valence-corrected chi connectivity index (χ2v) is 7.78. The van der Waals surface area contributed by atoms with Crippen molar-refractivity contribution in [2.24, 2.45) is 0 Å². The van der Waals surface area contributed by atoms with Crippen LogP contribution in [0.3, 0.4) is 0 Å². The minimum Gasteiger partial charge on any atom is -0.345 e. The molecule has 0 atom stereocenters. The number of hydrogen-bond donors (Lipinski definition) is 2. The number of halogens is 4. The van der Waals surface area contributed by atoms with Crippen LogP contribution in [0.5, 0.6) is 0 Å². The number of carbonyl (C=O) groups excluding carboxylic acids is 2. The fourth-order valence-corrected chi connectivity index (χ4v) is 3.36. The van der Waals surface area contributed by atoms with E-state index in [0.717, 1.165) is 0 Å². The van der Waals surface area contributed by atoms with Gasteiger partial charge in [-0.2, -0.15) is 17.5 Å². The molecule has 1 fully saturated rings. The molecule has 2 amide bonds. The Bertz CT molecular complexity index is 778. The molecule has 0 spiro atoms.